The van der Waals surface area contributed by atoms with Crippen molar-refractivity contribution in [3.05, 3.63) is 64.4 Å². The van der Waals surface area contributed by atoms with Crippen LogP contribution in [0.25, 0.3) is 0 Å². The molecule has 2 aromatic rings. The first kappa shape index (κ1) is 17.9. The summed E-state index contributed by atoms with van der Waals surface area (Å²) >= 11 is 5.81. The summed E-state index contributed by atoms with van der Waals surface area (Å²) < 4.78 is 17.9. The van der Waals surface area contributed by atoms with E-state index in [4.69, 9.17) is 16.3 Å². The molecule has 0 fully saturated rings. The lowest BCUT2D eigenvalue weighted by Gasteiger charge is -2.09. The van der Waals surface area contributed by atoms with Crippen LogP contribution in [0.3, 0.4) is 0 Å². The van der Waals surface area contributed by atoms with E-state index in [1.54, 1.807) is 12.1 Å². The molecule has 0 aromatic heterocycles. The SMILES string of the molecule is CC(C)c1ccc(C(=O)OCC(=O)Nc2ccc(F)cc2Cl)cc1. The van der Waals surface area contributed by atoms with Crippen LogP contribution in [-0.2, 0) is 9.53 Å². The van der Waals surface area contributed by atoms with Crippen molar-refractivity contribution in [2.75, 3.05) is 11.9 Å². The molecule has 2 rings (SSSR count). The molecule has 0 aliphatic heterocycles. The first-order valence-electron chi connectivity index (χ1n) is 7.39. The van der Waals surface area contributed by atoms with Gasteiger partial charge in [0.05, 0.1) is 16.3 Å². The fraction of sp³-hybridized carbons (Fsp3) is 0.222. The molecule has 0 heterocycles. The third kappa shape index (κ3) is 4.80. The Labute approximate surface area is 144 Å². The molecule has 0 unspecified atom stereocenters. The normalized spacial score (nSPS) is 10.5. The zero-order chi connectivity index (χ0) is 17.7. The van der Waals surface area contributed by atoms with E-state index < -0.39 is 24.3 Å². The largest absolute Gasteiger partial charge is 0.452 e. The van der Waals surface area contributed by atoms with Crippen molar-refractivity contribution < 1.29 is 18.7 Å². The van der Waals surface area contributed by atoms with Crippen LogP contribution in [0.4, 0.5) is 10.1 Å². The van der Waals surface area contributed by atoms with Crippen LogP contribution in [0.2, 0.25) is 5.02 Å². The van der Waals surface area contributed by atoms with Gasteiger partial charge in [-0.2, -0.15) is 0 Å². The summed E-state index contributed by atoms with van der Waals surface area (Å²) in [5, 5.41) is 2.52. The smallest absolute Gasteiger partial charge is 0.338 e. The Morgan fingerprint density at radius 2 is 1.83 bits per heavy atom. The van der Waals surface area contributed by atoms with Gasteiger partial charge in [-0.15, -0.1) is 0 Å². The predicted octanol–water partition coefficient (Wildman–Crippen LogP) is 4.40. The van der Waals surface area contributed by atoms with Crippen molar-refractivity contribution in [1.29, 1.82) is 0 Å². The lowest BCUT2D eigenvalue weighted by molar-refractivity contribution is -0.119. The highest BCUT2D eigenvalue weighted by molar-refractivity contribution is 6.33. The zero-order valence-electron chi connectivity index (χ0n) is 13.3. The Morgan fingerprint density at radius 3 is 2.42 bits per heavy atom. The van der Waals surface area contributed by atoms with Crippen LogP contribution < -0.4 is 5.32 Å². The molecule has 6 heteroatoms. The number of nitrogens with one attached hydrogen (secondary N) is 1. The van der Waals surface area contributed by atoms with Crippen molar-refractivity contribution in [1.82, 2.24) is 0 Å². The van der Waals surface area contributed by atoms with Gasteiger partial charge in [0.2, 0.25) is 0 Å². The highest BCUT2D eigenvalue weighted by Crippen LogP contribution is 2.22. The van der Waals surface area contributed by atoms with Crippen LogP contribution >= 0.6 is 11.6 Å². The highest BCUT2D eigenvalue weighted by Gasteiger charge is 2.12. The van der Waals surface area contributed by atoms with Crippen LogP contribution in [0, 0.1) is 5.82 Å². The van der Waals surface area contributed by atoms with E-state index >= 15 is 0 Å². The molecular formula is C18H17ClFNO3. The summed E-state index contributed by atoms with van der Waals surface area (Å²) in [6.45, 7) is 3.65. The van der Waals surface area contributed by atoms with Gasteiger partial charge in [0.15, 0.2) is 6.61 Å². The minimum Gasteiger partial charge on any atom is -0.452 e. The number of benzene rings is 2. The molecule has 0 bridgehead atoms. The van der Waals surface area contributed by atoms with Gasteiger partial charge in [0.1, 0.15) is 5.82 Å². The number of rotatable bonds is 5. The summed E-state index contributed by atoms with van der Waals surface area (Å²) in [5.74, 6) is -1.29. The number of hydrogen-bond acceptors (Lipinski definition) is 3. The second-order valence-electron chi connectivity index (χ2n) is 5.53. The van der Waals surface area contributed by atoms with Gasteiger partial charge in [-0.25, -0.2) is 9.18 Å². The number of hydrogen-bond donors (Lipinski definition) is 1. The third-order valence-electron chi connectivity index (χ3n) is 3.35. The maximum atomic E-state index is 12.9. The lowest BCUT2D eigenvalue weighted by atomic mass is 10.0. The van der Waals surface area contributed by atoms with Crippen LogP contribution in [0.15, 0.2) is 42.5 Å². The predicted molar refractivity (Wildman–Crippen MR) is 90.9 cm³/mol. The summed E-state index contributed by atoms with van der Waals surface area (Å²) in [6.07, 6.45) is 0. The van der Waals surface area contributed by atoms with Crippen LogP contribution in [0.5, 0.6) is 0 Å². The topological polar surface area (TPSA) is 55.4 Å². The van der Waals surface area contributed by atoms with Gasteiger partial charge in [0.25, 0.3) is 5.91 Å². The van der Waals surface area contributed by atoms with Crippen molar-refractivity contribution in [3.8, 4) is 0 Å². The maximum absolute atomic E-state index is 12.9. The van der Waals surface area contributed by atoms with Gasteiger partial charge in [-0.05, 0) is 41.8 Å². The minimum atomic E-state index is -0.592. The molecule has 126 valence electrons. The van der Waals surface area contributed by atoms with E-state index in [2.05, 4.69) is 19.2 Å². The minimum absolute atomic E-state index is 0.0685. The molecule has 0 saturated carbocycles. The van der Waals surface area contributed by atoms with Gasteiger partial charge >= 0.3 is 5.97 Å². The molecule has 4 nitrogen and oxygen atoms in total. The second kappa shape index (κ2) is 7.93. The molecular weight excluding hydrogens is 333 g/mol. The van der Waals surface area contributed by atoms with Gasteiger partial charge in [-0.3, -0.25) is 4.79 Å². The first-order valence-corrected chi connectivity index (χ1v) is 7.76. The fourth-order valence-electron chi connectivity index (χ4n) is 2.00. The third-order valence-corrected chi connectivity index (χ3v) is 3.67. The summed E-state index contributed by atoms with van der Waals surface area (Å²) in [5.41, 5.74) is 1.72. The number of carbonyl (C=O) groups is 2. The lowest BCUT2D eigenvalue weighted by Crippen LogP contribution is -2.21. The molecule has 2 aromatic carbocycles. The summed E-state index contributed by atoms with van der Waals surface area (Å²) in [7, 11) is 0. The van der Waals surface area contributed by atoms with E-state index in [0.29, 0.717) is 11.5 Å². The van der Waals surface area contributed by atoms with Gasteiger partial charge < -0.3 is 10.1 Å². The number of esters is 1. The number of anilines is 1. The molecule has 0 atom stereocenters. The Hall–Kier alpha value is -2.40. The van der Waals surface area contributed by atoms with E-state index in [1.165, 1.54) is 12.1 Å². The molecule has 0 radical (unpaired) electrons. The molecule has 1 amide bonds. The number of amides is 1. The molecule has 0 aliphatic carbocycles. The maximum Gasteiger partial charge on any atom is 0.338 e. The van der Waals surface area contributed by atoms with Crippen molar-refractivity contribution in [2.24, 2.45) is 0 Å². The molecule has 0 spiro atoms. The molecule has 0 aliphatic rings. The quantitative estimate of drug-likeness (QED) is 0.814. The Balaban J connectivity index is 1.90. The van der Waals surface area contributed by atoms with Gasteiger partial charge in [0, 0.05) is 0 Å². The van der Waals surface area contributed by atoms with Crippen molar-refractivity contribution >= 4 is 29.2 Å². The second-order valence-corrected chi connectivity index (χ2v) is 5.93. The number of halogens is 2. The van der Waals surface area contributed by atoms with E-state index in [1.807, 2.05) is 12.1 Å². The van der Waals surface area contributed by atoms with Crippen molar-refractivity contribution in [2.45, 2.75) is 19.8 Å². The Bertz CT molecular complexity index is 744. The average Bonchev–Trinajstić information content (AvgIpc) is 2.55. The van der Waals surface area contributed by atoms with Crippen molar-refractivity contribution in [3.63, 3.8) is 0 Å². The Morgan fingerprint density at radius 1 is 1.17 bits per heavy atom. The Kier molecular flexibility index (Phi) is 5.93. The summed E-state index contributed by atoms with van der Waals surface area (Å²) in [6, 6.07) is 10.6. The average molecular weight is 350 g/mol. The standard InChI is InChI=1S/C18H17ClFNO3/c1-11(2)12-3-5-13(6-4-12)18(23)24-10-17(22)21-16-8-7-14(20)9-15(16)19/h3-9,11H,10H2,1-2H3,(H,21,22). The number of carbonyl (C=O) groups excluding carboxylic acids is 2. The van der Waals surface area contributed by atoms with E-state index in [9.17, 15) is 14.0 Å². The van der Waals surface area contributed by atoms with E-state index in [0.717, 1.165) is 11.6 Å². The fourth-order valence-corrected chi connectivity index (χ4v) is 2.21. The summed E-state index contributed by atoms with van der Waals surface area (Å²) in [4.78, 5) is 23.7. The molecule has 0 saturated heterocycles. The van der Waals surface area contributed by atoms with Gasteiger partial charge in [-0.1, -0.05) is 37.6 Å². The zero-order valence-corrected chi connectivity index (χ0v) is 14.1. The monoisotopic (exact) mass is 349 g/mol. The van der Waals surface area contributed by atoms with E-state index in [-0.39, 0.29) is 10.7 Å². The molecule has 1 N–H and O–H groups in total. The highest BCUT2D eigenvalue weighted by atomic mass is 35.5. The number of ether oxygens (including phenoxy) is 1. The van der Waals surface area contributed by atoms with Crippen LogP contribution in [-0.4, -0.2) is 18.5 Å². The van der Waals surface area contributed by atoms with Crippen LogP contribution in [0.1, 0.15) is 35.7 Å². The first-order chi connectivity index (χ1) is 11.4. The molecule has 24 heavy (non-hydrogen) atoms.